The molecule has 0 fully saturated rings. The Morgan fingerprint density at radius 1 is 1.40 bits per heavy atom. The number of hydrogen-bond donors (Lipinski definition) is 3. The number of hydrogen-bond acceptors (Lipinski definition) is 7. The molecule has 30 heavy (non-hydrogen) atoms. The Morgan fingerprint density at radius 3 is 3.10 bits per heavy atom. The third-order valence-electron chi connectivity index (χ3n) is 4.97. The number of nitrogens with one attached hydrogen (secondary N) is 2. The van der Waals surface area contributed by atoms with Gasteiger partial charge in [-0.05, 0) is 30.9 Å². The first kappa shape index (κ1) is 21.8. The van der Waals surface area contributed by atoms with Crippen molar-refractivity contribution in [3.63, 3.8) is 0 Å². The number of aromatic nitrogens is 3. The first-order valence-electron chi connectivity index (χ1n) is 10.5. The molecule has 0 saturated carbocycles. The summed E-state index contributed by atoms with van der Waals surface area (Å²) in [6, 6.07) is 3.29. The van der Waals surface area contributed by atoms with Gasteiger partial charge in [0.25, 0.3) is 5.91 Å². The van der Waals surface area contributed by atoms with Crippen molar-refractivity contribution in [2.24, 2.45) is 5.73 Å². The summed E-state index contributed by atoms with van der Waals surface area (Å²) in [5, 5.41) is 10.2. The first-order chi connectivity index (χ1) is 14.6. The lowest BCUT2D eigenvalue weighted by Gasteiger charge is -2.17. The van der Waals surface area contributed by atoms with E-state index in [0.717, 1.165) is 43.7 Å². The summed E-state index contributed by atoms with van der Waals surface area (Å²) in [4.78, 5) is 28.7. The lowest BCUT2D eigenvalue weighted by Crippen LogP contribution is -2.43. The lowest BCUT2D eigenvalue weighted by atomic mass is 10.1. The Morgan fingerprint density at radius 2 is 2.27 bits per heavy atom. The van der Waals surface area contributed by atoms with E-state index in [1.807, 2.05) is 13.0 Å². The van der Waals surface area contributed by atoms with Gasteiger partial charge in [-0.1, -0.05) is 19.4 Å². The molecule has 162 valence electrons. The van der Waals surface area contributed by atoms with Gasteiger partial charge in [0, 0.05) is 37.9 Å². The maximum Gasteiger partial charge on any atom is 0.324 e. The molecule has 0 bridgehead atoms. The third-order valence-corrected chi connectivity index (χ3v) is 4.97. The number of esters is 1. The molecule has 2 aromatic heterocycles. The Balaban J connectivity index is 1.45. The van der Waals surface area contributed by atoms with Gasteiger partial charge in [0.15, 0.2) is 0 Å². The number of carbonyl (C=O) groups excluding carboxylic acids is 2. The normalized spacial score (nSPS) is 13.8. The first-order valence-corrected chi connectivity index (χ1v) is 10.5. The van der Waals surface area contributed by atoms with E-state index in [-0.39, 0.29) is 12.5 Å². The van der Waals surface area contributed by atoms with Crippen molar-refractivity contribution in [3.8, 4) is 0 Å². The van der Waals surface area contributed by atoms with Crippen molar-refractivity contribution in [1.29, 1.82) is 0 Å². The molecule has 1 aliphatic heterocycles. The monoisotopic (exact) mass is 414 g/mol. The molecule has 4 N–H and O–H groups in total. The largest absolute Gasteiger partial charge is 0.464 e. The second-order valence-electron chi connectivity index (χ2n) is 7.42. The number of amides is 1. The summed E-state index contributed by atoms with van der Waals surface area (Å²) < 4.78 is 6.76. The van der Waals surface area contributed by atoms with E-state index in [2.05, 4.69) is 26.8 Å². The van der Waals surface area contributed by atoms with Crippen molar-refractivity contribution in [2.75, 3.05) is 25.0 Å². The summed E-state index contributed by atoms with van der Waals surface area (Å²) in [7, 11) is 0. The third kappa shape index (κ3) is 6.03. The van der Waals surface area contributed by atoms with Gasteiger partial charge in [0.1, 0.15) is 11.9 Å². The minimum absolute atomic E-state index is 0.0149. The molecule has 3 heterocycles. The quantitative estimate of drug-likeness (QED) is 0.395. The standard InChI is InChI=1S/C21H30N6O3/c1-2-3-11-30-21(29)18(22)13-24-20(28)16-12-25-27(14-16)10-8-17-7-6-15-5-4-9-23-19(15)26-17/h6-7,12,14,18H,2-5,8-11,13,22H2,1H3,(H,23,26)(H,24,28)/t18-/m0/s1. The molecule has 1 atom stereocenters. The number of nitrogens with zero attached hydrogens (tertiary/aromatic N) is 3. The number of rotatable bonds is 10. The van der Waals surface area contributed by atoms with E-state index in [1.165, 1.54) is 11.8 Å². The van der Waals surface area contributed by atoms with E-state index in [4.69, 9.17) is 10.5 Å². The van der Waals surface area contributed by atoms with E-state index < -0.39 is 12.0 Å². The predicted molar refractivity (Wildman–Crippen MR) is 113 cm³/mol. The number of ether oxygens (including phenoxy) is 1. The fraction of sp³-hybridized carbons (Fsp3) is 0.524. The van der Waals surface area contributed by atoms with Gasteiger partial charge in [-0.15, -0.1) is 0 Å². The highest BCUT2D eigenvalue weighted by molar-refractivity contribution is 5.94. The van der Waals surface area contributed by atoms with Crippen LogP contribution in [-0.2, 0) is 28.9 Å². The predicted octanol–water partition coefficient (Wildman–Crippen LogP) is 1.28. The second kappa shape index (κ2) is 10.7. The van der Waals surface area contributed by atoms with Crippen LogP contribution in [0.5, 0.6) is 0 Å². The molecule has 1 amide bonds. The van der Waals surface area contributed by atoms with E-state index in [1.54, 1.807) is 10.9 Å². The van der Waals surface area contributed by atoms with E-state index in [9.17, 15) is 9.59 Å². The number of aryl methyl sites for hydroxylation is 3. The van der Waals surface area contributed by atoms with Gasteiger partial charge in [0.05, 0.1) is 18.4 Å². The fourth-order valence-electron chi connectivity index (χ4n) is 3.15. The summed E-state index contributed by atoms with van der Waals surface area (Å²) in [6.07, 6.45) is 7.82. The van der Waals surface area contributed by atoms with Gasteiger partial charge in [0.2, 0.25) is 0 Å². The highest BCUT2D eigenvalue weighted by Gasteiger charge is 2.17. The van der Waals surface area contributed by atoms with Crippen molar-refractivity contribution in [3.05, 3.63) is 41.3 Å². The molecule has 3 rings (SSSR count). The highest BCUT2D eigenvalue weighted by Crippen LogP contribution is 2.19. The zero-order valence-electron chi connectivity index (χ0n) is 17.4. The van der Waals surface area contributed by atoms with Crippen LogP contribution < -0.4 is 16.4 Å². The molecule has 0 radical (unpaired) electrons. The topological polar surface area (TPSA) is 124 Å². The van der Waals surface area contributed by atoms with Gasteiger partial charge in [-0.3, -0.25) is 14.3 Å². The molecule has 0 aliphatic carbocycles. The Labute approximate surface area is 176 Å². The smallest absolute Gasteiger partial charge is 0.324 e. The molecule has 0 saturated heterocycles. The van der Waals surface area contributed by atoms with Crippen LogP contribution in [0.25, 0.3) is 0 Å². The van der Waals surface area contributed by atoms with Crippen molar-refractivity contribution in [1.82, 2.24) is 20.1 Å². The van der Waals surface area contributed by atoms with Gasteiger partial charge < -0.3 is 21.1 Å². The maximum atomic E-state index is 12.3. The van der Waals surface area contributed by atoms with E-state index in [0.29, 0.717) is 25.1 Å². The Kier molecular flexibility index (Phi) is 7.78. The van der Waals surface area contributed by atoms with Crippen molar-refractivity contribution < 1.29 is 14.3 Å². The summed E-state index contributed by atoms with van der Waals surface area (Å²) in [6.45, 7) is 3.94. The number of pyridine rings is 1. The number of nitrogens with two attached hydrogens (primary N) is 1. The Bertz CT molecular complexity index is 866. The fourth-order valence-corrected chi connectivity index (χ4v) is 3.15. The number of fused-ring (bicyclic) bond motifs is 1. The summed E-state index contributed by atoms with van der Waals surface area (Å²) >= 11 is 0. The molecule has 2 aromatic rings. The summed E-state index contributed by atoms with van der Waals surface area (Å²) in [5.41, 5.74) is 8.43. The number of unbranched alkanes of at least 4 members (excludes halogenated alkanes) is 1. The highest BCUT2D eigenvalue weighted by atomic mass is 16.5. The van der Waals surface area contributed by atoms with Gasteiger partial charge in [-0.2, -0.15) is 5.10 Å². The van der Waals surface area contributed by atoms with Crippen LogP contribution in [0.4, 0.5) is 5.82 Å². The van der Waals surface area contributed by atoms with E-state index >= 15 is 0 Å². The Hall–Kier alpha value is -2.94. The SMILES string of the molecule is CCCCOC(=O)[C@@H](N)CNC(=O)c1cnn(CCc2ccc3c(n2)NCCC3)c1. The minimum atomic E-state index is -0.885. The molecule has 0 aromatic carbocycles. The maximum absolute atomic E-state index is 12.3. The van der Waals surface area contributed by atoms with Gasteiger partial charge in [-0.25, -0.2) is 4.98 Å². The molecule has 1 aliphatic rings. The zero-order chi connectivity index (χ0) is 21.3. The van der Waals surface area contributed by atoms with Crippen molar-refractivity contribution in [2.45, 2.75) is 51.6 Å². The minimum Gasteiger partial charge on any atom is -0.464 e. The molecule has 0 unspecified atom stereocenters. The van der Waals surface area contributed by atoms with Crippen LogP contribution in [0.15, 0.2) is 24.5 Å². The van der Waals surface area contributed by atoms with Crippen LogP contribution in [0.3, 0.4) is 0 Å². The number of anilines is 1. The average Bonchev–Trinajstić information content (AvgIpc) is 3.25. The molecule has 0 spiro atoms. The van der Waals surface area contributed by atoms with Gasteiger partial charge >= 0.3 is 5.97 Å². The van der Waals surface area contributed by atoms with Crippen LogP contribution in [0.2, 0.25) is 0 Å². The van der Waals surface area contributed by atoms with Crippen molar-refractivity contribution >= 4 is 17.7 Å². The molecule has 9 heteroatoms. The molecular formula is C21H30N6O3. The van der Waals surface area contributed by atoms with Crippen LogP contribution in [0.1, 0.15) is 47.8 Å². The molecular weight excluding hydrogens is 384 g/mol. The zero-order valence-corrected chi connectivity index (χ0v) is 17.4. The van der Waals surface area contributed by atoms with Crippen LogP contribution >= 0.6 is 0 Å². The molecule has 9 nitrogen and oxygen atoms in total. The average molecular weight is 415 g/mol. The van der Waals surface area contributed by atoms with Crippen LogP contribution in [0, 0.1) is 0 Å². The summed E-state index contributed by atoms with van der Waals surface area (Å²) in [5.74, 6) is 0.143. The second-order valence-corrected chi connectivity index (χ2v) is 7.42. The number of carbonyl (C=O) groups is 2. The lowest BCUT2D eigenvalue weighted by molar-refractivity contribution is -0.145. The van der Waals surface area contributed by atoms with Crippen LogP contribution in [-0.4, -0.2) is 52.4 Å².